The lowest BCUT2D eigenvalue weighted by Crippen LogP contribution is -2.24. The molecule has 1 aliphatic rings. The average Bonchev–Trinajstić information content (AvgIpc) is 2.14. The number of rotatable bonds is 2. The summed E-state index contributed by atoms with van der Waals surface area (Å²) in [6, 6.07) is 0. The molecule has 5 heteroatoms. The van der Waals surface area contributed by atoms with E-state index in [9.17, 15) is 17.7 Å². The van der Waals surface area contributed by atoms with Crippen molar-refractivity contribution in [2.45, 2.75) is 38.4 Å². The molecule has 0 aromatic heterocycles. The molecule has 1 aliphatic carbocycles. The number of carbonyl (C=O) groups is 1. The van der Waals surface area contributed by atoms with Gasteiger partial charge in [-0.3, -0.25) is 4.79 Å². The van der Waals surface area contributed by atoms with Crippen LogP contribution in [0.3, 0.4) is 0 Å². The fourth-order valence-corrected chi connectivity index (χ4v) is 1.80. The van der Waals surface area contributed by atoms with Crippen molar-refractivity contribution in [2.75, 3.05) is 0 Å². The highest BCUT2D eigenvalue weighted by Gasteiger charge is 2.31. The van der Waals surface area contributed by atoms with Crippen molar-refractivity contribution in [3.8, 4) is 0 Å². The summed E-state index contributed by atoms with van der Waals surface area (Å²) in [4.78, 5) is 11.2. The van der Waals surface area contributed by atoms with E-state index in [1.165, 1.54) is 0 Å². The molecule has 0 aromatic carbocycles. The highest BCUT2D eigenvalue weighted by atomic mass is 19.4. The maximum Gasteiger partial charge on any atom is 0.479 e. The first kappa shape index (κ1) is 10.6. The highest BCUT2D eigenvalue weighted by molar-refractivity contribution is 6.58. The van der Waals surface area contributed by atoms with Gasteiger partial charge in [-0.1, -0.05) is 19.2 Å². The molecule has 0 aromatic rings. The zero-order chi connectivity index (χ0) is 9.90. The molecule has 0 bridgehead atoms. The van der Waals surface area contributed by atoms with E-state index in [1.807, 2.05) is 0 Å². The standard InChI is InChI=1S/C8H13BF3O/c10-9(11,12)6-7-4-2-1-3-5-8(7)13/h7H,1-6H2/q-1. The minimum atomic E-state index is -4.79. The Bertz CT molecular complexity index is 190. The van der Waals surface area contributed by atoms with Crippen molar-refractivity contribution in [3.63, 3.8) is 0 Å². The van der Waals surface area contributed by atoms with Gasteiger partial charge in [0.15, 0.2) is 0 Å². The van der Waals surface area contributed by atoms with Crippen LogP contribution in [-0.4, -0.2) is 12.8 Å². The number of hydrogen-bond acceptors (Lipinski definition) is 1. The van der Waals surface area contributed by atoms with Crippen molar-refractivity contribution in [3.05, 3.63) is 0 Å². The Morgan fingerprint density at radius 3 is 2.54 bits per heavy atom. The smallest absolute Gasteiger partial charge is 0.449 e. The van der Waals surface area contributed by atoms with Crippen LogP contribution in [0.25, 0.3) is 0 Å². The van der Waals surface area contributed by atoms with Crippen molar-refractivity contribution in [1.29, 1.82) is 0 Å². The molecule has 1 nitrogen and oxygen atoms in total. The van der Waals surface area contributed by atoms with Gasteiger partial charge in [0, 0.05) is 6.42 Å². The molecule has 0 radical (unpaired) electrons. The second-order valence-electron chi connectivity index (χ2n) is 3.71. The largest absolute Gasteiger partial charge is 0.479 e. The second-order valence-corrected chi connectivity index (χ2v) is 3.71. The maximum atomic E-state index is 12.1. The number of hydrogen-bond donors (Lipinski definition) is 0. The Balaban J connectivity index is 2.50. The normalized spacial score (nSPS) is 25.8. The van der Waals surface area contributed by atoms with E-state index in [0.717, 1.165) is 19.3 Å². The molecule has 1 unspecified atom stereocenters. The quantitative estimate of drug-likeness (QED) is 0.486. The Morgan fingerprint density at radius 1 is 1.23 bits per heavy atom. The van der Waals surface area contributed by atoms with E-state index in [0.29, 0.717) is 12.8 Å². The maximum absolute atomic E-state index is 12.1. The van der Waals surface area contributed by atoms with Crippen molar-refractivity contribution < 1.29 is 17.7 Å². The summed E-state index contributed by atoms with van der Waals surface area (Å²) in [5.41, 5.74) is 0. The Morgan fingerprint density at radius 2 is 1.92 bits per heavy atom. The fraction of sp³-hybridized carbons (Fsp3) is 0.875. The molecule has 13 heavy (non-hydrogen) atoms. The third-order valence-corrected chi connectivity index (χ3v) is 2.48. The predicted octanol–water partition coefficient (Wildman–Crippen LogP) is 2.98. The minimum absolute atomic E-state index is 0.184. The molecule has 76 valence electrons. The summed E-state index contributed by atoms with van der Waals surface area (Å²) in [5, 5.41) is 0. The van der Waals surface area contributed by atoms with E-state index in [4.69, 9.17) is 0 Å². The van der Waals surface area contributed by atoms with Crippen LogP contribution in [-0.2, 0) is 4.79 Å². The van der Waals surface area contributed by atoms with Crippen molar-refractivity contribution >= 4 is 12.8 Å². The van der Waals surface area contributed by atoms with Crippen LogP contribution in [0.1, 0.15) is 32.1 Å². The third kappa shape index (κ3) is 3.83. The number of carbonyl (C=O) groups excluding carboxylic acids is 1. The lowest BCUT2D eigenvalue weighted by atomic mass is 9.75. The summed E-state index contributed by atoms with van der Waals surface area (Å²) in [6.07, 6.45) is 2.34. The lowest BCUT2D eigenvalue weighted by molar-refractivity contribution is -0.122. The van der Waals surface area contributed by atoms with E-state index in [1.54, 1.807) is 0 Å². The topological polar surface area (TPSA) is 17.1 Å². The van der Waals surface area contributed by atoms with Gasteiger partial charge in [-0.2, -0.15) is 0 Å². The van der Waals surface area contributed by atoms with Crippen LogP contribution in [0.5, 0.6) is 0 Å². The molecule has 0 aliphatic heterocycles. The van der Waals surface area contributed by atoms with Crippen LogP contribution in [0.2, 0.25) is 6.32 Å². The first-order valence-electron chi connectivity index (χ1n) is 4.73. The van der Waals surface area contributed by atoms with E-state index in [-0.39, 0.29) is 5.78 Å². The summed E-state index contributed by atoms with van der Waals surface area (Å²) in [5.74, 6) is -0.917. The zero-order valence-electron chi connectivity index (χ0n) is 7.44. The van der Waals surface area contributed by atoms with Gasteiger partial charge in [0.2, 0.25) is 0 Å². The number of ketones is 1. The van der Waals surface area contributed by atoms with Crippen molar-refractivity contribution in [1.82, 2.24) is 0 Å². The molecular formula is C8H13BF3O-. The van der Waals surface area contributed by atoms with Gasteiger partial charge in [-0.25, -0.2) is 0 Å². The number of Topliss-reactive ketones (excluding diaryl/α,β-unsaturated/α-hetero) is 1. The second kappa shape index (κ2) is 4.16. The van der Waals surface area contributed by atoms with Gasteiger partial charge in [-0.15, -0.1) is 0 Å². The summed E-state index contributed by atoms with van der Waals surface area (Å²) < 4.78 is 36.2. The molecular weight excluding hydrogens is 180 g/mol. The summed E-state index contributed by atoms with van der Waals surface area (Å²) in [7, 11) is 0. The van der Waals surface area contributed by atoms with Gasteiger partial charge in [0.1, 0.15) is 5.78 Å². The van der Waals surface area contributed by atoms with Gasteiger partial charge >= 0.3 is 6.98 Å². The zero-order valence-corrected chi connectivity index (χ0v) is 7.44. The Kier molecular flexibility index (Phi) is 3.39. The van der Waals surface area contributed by atoms with E-state index < -0.39 is 19.2 Å². The van der Waals surface area contributed by atoms with Crippen LogP contribution in [0.4, 0.5) is 12.9 Å². The molecule has 0 spiro atoms. The van der Waals surface area contributed by atoms with E-state index >= 15 is 0 Å². The van der Waals surface area contributed by atoms with Gasteiger partial charge in [0.05, 0.1) is 0 Å². The predicted molar refractivity (Wildman–Crippen MR) is 45.5 cm³/mol. The van der Waals surface area contributed by atoms with Gasteiger partial charge in [-0.05, 0) is 18.8 Å². The van der Waals surface area contributed by atoms with Crippen LogP contribution in [0.15, 0.2) is 0 Å². The van der Waals surface area contributed by atoms with Gasteiger partial charge in [0.25, 0.3) is 0 Å². The molecule has 1 fully saturated rings. The minimum Gasteiger partial charge on any atom is -0.449 e. The van der Waals surface area contributed by atoms with Crippen molar-refractivity contribution in [2.24, 2.45) is 5.92 Å². The van der Waals surface area contributed by atoms with Crippen LogP contribution >= 0.6 is 0 Å². The van der Waals surface area contributed by atoms with Crippen LogP contribution < -0.4 is 0 Å². The molecule has 0 saturated heterocycles. The molecule has 1 saturated carbocycles. The molecule has 0 N–H and O–H groups in total. The summed E-state index contributed by atoms with van der Waals surface area (Å²) in [6.45, 7) is -4.79. The van der Waals surface area contributed by atoms with Gasteiger partial charge < -0.3 is 12.9 Å². The fourth-order valence-electron chi connectivity index (χ4n) is 1.80. The Labute approximate surface area is 75.8 Å². The Hall–Kier alpha value is -0.475. The van der Waals surface area contributed by atoms with E-state index in [2.05, 4.69) is 0 Å². The lowest BCUT2D eigenvalue weighted by Gasteiger charge is -2.20. The SMILES string of the molecule is O=C1CCCCCC1C[B-](F)(F)F. The average molecular weight is 193 g/mol. The number of halogens is 3. The monoisotopic (exact) mass is 193 g/mol. The highest BCUT2D eigenvalue weighted by Crippen LogP contribution is 2.29. The summed E-state index contributed by atoms with van der Waals surface area (Å²) >= 11 is 0. The first-order valence-corrected chi connectivity index (χ1v) is 4.73. The first-order chi connectivity index (χ1) is 5.99. The van der Waals surface area contributed by atoms with Crippen LogP contribution in [0, 0.1) is 5.92 Å². The third-order valence-electron chi connectivity index (χ3n) is 2.48. The molecule has 0 heterocycles. The molecule has 1 atom stereocenters. The molecule has 1 rings (SSSR count). The molecule has 0 amide bonds.